The fraction of sp³-hybridized carbons (Fsp3) is 0.440. The van der Waals surface area contributed by atoms with Crippen molar-refractivity contribution >= 4 is 0 Å². The van der Waals surface area contributed by atoms with Gasteiger partial charge in [0, 0.05) is 0 Å². The number of fused-ring (bicyclic) bond motifs is 3. The summed E-state index contributed by atoms with van der Waals surface area (Å²) >= 11 is 0. The second kappa shape index (κ2) is 8.64. The number of benzene rings is 2. The minimum Gasteiger partial charge on any atom is -0.406 e. The van der Waals surface area contributed by atoms with Crippen LogP contribution < -0.4 is 4.74 Å². The maximum Gasteiger partial charge on any atom is 0.573 e. The third-order valence-corrected chi connectivity index (χ3v) is 6.77. The first-order chi connectivity index (χ1) is 14.8. The number of allylic oxidation sites excluding steroid dienone is 1. The number of rotatable bonds is 5. The van der Waals surface area contributed by atoms with Gasteiger partial charge in [-0.3, -0.25) is 0 Å². The Labute approximate surface area is 178 Å². The monoisotopic (exact) mass is 436 g/mol. The molecule has 0 radical (unpaired) electrons. The summed E-state index contributed by atoms with van der Waals surface area (Å²) < 4.78 is 71.4. The second-order valence-corrected chi connectivity index (χ2v) is 8.64. The van der Waals surface area contributed by atoms with Crippen molar-refractivity contribution in [1.29, 1.82) is 0 Å². The molecule has 0 aliphatic heterocycles. The molecule has 0 unspecified atom stereocenters. The lowest BCUT2D eigenvalue weighted by atomic mass is 9.64. The Bertz CT molecular complexity index is 948. The lowest BCUT2D eigenvalue weighted by Crippen LogP contribution is -2.29. The highest BCUT2D eigenvalue weighted by atomic mass is 19.4. The van der Waals surface area contributed by atoms with Crippen LogP contribution >= 0.6 is 0 Å². The van der Waals surface area contributed by atoms with E-state index in [9.17, 15) is 13.2 Å². The topological polar surface area (TPSA) is 9.23 Å². The van der Waals surface area contributed by atoms with Crippen molar-refractivity contribution in [3.05, 3.63) is 65.7 Å². The highest BCUT2D eigenvalue weighted by Crippen LogP contribution is 2.49. The minimum absolute atomic E-state index is 0.171. The molecular formula is C25H25F5O. The molecule has 0 saturated heterocycles. The Morgan fingerprint density at radius 3 is 2.48 bits per heavy atom. The molecule has 4 rings (SSSR count). The van der Waals surface area contributed by atoms with E-state index < -0.39 is 23.7 Å². The van der Waals surface area contributed by atoms with Gasteiger partial charge in [0.25, 0.3) is 0 Å². The van der Waals surface area contributed by atoms with Crippen LogP contribution in [0.5, 0.6) is 5.75 Å². The number of halogens is 5. The van der Waals surface area contributed by atoms with Crippen molar-refractivity contribution in [2.75, 3.05) is 0 Å². The van der Waals surface area contributed by atoms with Crippen LogP contribution in [0.2, 0.25) is 0 Å². The third kappa shape index (κ3) is 4.63. The quantitative estimate of drug-likeness (QED) is 0.341. The van der Waals surface area contributed by atoms with Gasteiger partial charge in [-0.05, 0) is 97.6 Å². The molecule has 166 valence electrons. The third-order valence-electron chi connectivity index (χ3n) is 6.77. The van der Waals surface area contributed by atoms with E-state index in [4.69, 9.17) is 0 Å². The van der Waals surface area contributed by atoms with Crippen molar-refractivity contribution in [2.24, 2.45) is 11.8 Å². The summed E-state index contributed by atoms with van der Waals surface area (Å²) in [5, 5.41) is 0. The zero-order valence-corrected chi connectivity index (χ0v) is 17.2. The zero-order chi connectivity index (χ0) is 22.2. The predicted molar refractivity (Wildman–Crippen MR) is 110 cm³/mol. The van der Waals surface area contributed by atoms with E-state index in [1.807, 2.05) is 6.08 Å². The molecule has 2 aliphatic carbocycles. The molecule has 0 spiro atoms. The van der Waals surface area contributed by atoms with Crippen LogP contribution in [-0.2, 0) is 6.42 Å². The maximum absolute atomic E-state index is 15.4. The largest absolute Gasteiger partial charge is 0.573 e. The minimum atomic E-state index is -4.81. The molecule has 0 heterocycles. The number of alkyl halides is 3. The first-order valence-electron chi connectivity index (χ1n) is 10.7. The summed E-state index contributed by atoms with van der Waals surface area (Å²) in [4.78, 5) is 0. The summed E-state index contributed by atoms with van der Waals surface area (Å²) in [5.41, 5.74) is 1.34. The molecule has 2 aromatic carbocycles. The Morgan fingerprint density at radius 1 is 1.06 bits per heavy atom. The molecule has 0 amide bonds. The van der Waals surface area contributed by atoms with E-state index in [0.29, 0.717) is 23.8 Å². The van der Waals surface area contributed by atoms with Crippen LogP contribution in [0.1, 0.15) is 55.6 Å². The lowest BCUT2D eigenvalue weighted by molar-refractivity contribution is -0.274. The highest BCUT2D eigenvalue weighted by molar-refractivity contribution is 5.68. The Balaban J connectivity index is 1.60. The second-order valence-electron chi connectivity index (χ2n) is 8.64. The molecule has 3 atom stereocenters. The summed E-state index contributed by atoms with van der Waals surface area (Å²) in [6, 6.07) is 6.11. The molecule has 2 aliphatic rings. The van der Waals surface area contributed by atoms with Crippen LogP contribution in [0, 0.1) is 23.5 Å². The molecule has 6 heteroatoms. The van der Waals surface area contributed by atoms with Crippen molar-refractivity contribution in [3.8, 4) is 16.9 Å². The lowest BCUT2D eigenvalue weighted by Gasteiger charge is -2.41. The maximum atomic E-state index is 15.4. The molecule has 1 saturated carbocycles. The predicted octanol–water partition coefficient (Wildman–Crippen LogP) is 7.94. The van der Waals surface area contributed by atoms with E-state index >= 15 is 8.78 Å². The van der Waals surface area contributed by atoms with Gasteiger partial charge in [0.05, 0.1) is 5.56 Å². The summed E-state index contributed by atoms with van der Waals surface area (Å²) in [6.45, 7) is 3.79. The summed E-state index contributed by atoms with van der Waals surface area (Å²) in [5.74, 6) is -0.427. The molecule has 0 bridgehead atoms. The van der Waals surface area contributed by atoms with Crippen LogP contribution in [-0.4, -0.2) is 6.36 Å². The van der Waals surface area contributed by atoms with Crippen molar-refractivity contribution in [3.63, 3.8) is 0 Å². The molecule has 0 N–H and O–H groups in total. The first kappa shape index (κ1) is 21.8. The zero-order valence-electron chi connectivity index (χ0n) is 17.2. The van der Waals surface area contributed by atoms with Gasteiger partial charge in [-0.1, -0.05) is 18.2 Å². The molecule has 31 heavy (non-hydrogen) atoms. The Hall–Kier alpha value is -2.37. The van der Waals surface area contributed by atoms with Crippen molar-refractivity contribution in [1.82, 2.24) is 0 Å². The van der Waals surface area contributed by atoms with Gasteiger partial charge in [-0.2, -0.15) is 0 Å². The van der Waals surface area contributed by atoms with E-state index in [2.05, 4.69) is 11.3 Å². The van der Waals surface area contributed by atoms with Gasteiger partial charge in [0.1, 0.15) is 17.4 Å². The van der Waals surface area contributed by atoms with Gasteiger partial charge >= 0.3 is 6.36 Å². The Kier molecular flexibility index (Phi) is 6.09. The van der Waals surface area contributed by atoms with Gasteiger partial charge in [0.2, 0.25) is 0 Å². The first-order valence-corrected chi connectivity index (χ1v) is 10.7. The average Bonchev–Trinajstić information content (AvgIpc) is 2.72. The van der Waals surface area contributed by atoms with Crippen molar-refractivity contribution in [2.45, 2.75) is 57.2 Å². The molecule has 2 aromatic rings. The van der Waals surface area contributed by atoms with E-state index in [-0.39, 0.29) is 17.0 Å². The fourth-order valence-corrected chi connectivity index (χ4v) is 5.39. The van der Waals surface area contributed by atoms with Gasteiger partial charge in [-0.25, -0.2) is 8.78 Å². The normalized spacial score (nSPS) is 23.1. The molecule has 1 nitrogen and oxygen atoms in total. The van der Waals surface area contributed by atoms with E-state index in [1.165, 1.54) is 18.2 Å². The van der Waals surface area contributed by atoms with Crippen LogP contribution in [0.25, 0.3) is 11.1 Å². The van der Waals surface area contributed by atoms with Crippen molar-refractivity contribution < 1.29 is 26.7 Å². The van der Waals surface area contributed by atoms with Crippen LogP contribution in [0.3, 0.4) is 0 Å². The highest BCUT2D eigenvalue weighted by Gasteiger charge is 2.37. The fourth-order valence-electron chi connectivity index (χ4n) is 5.39. The average molecular weight is 436 g/mol. The molecule has 1 fully saturated rings. The van der Waals surface area contributed by atoms with E-state index in [1.54, 1.807) is 0 Å². The molecular weight excluding hydrogens is 411 g/mol. The summed E-state index contributed by atoms with van der Waals surface area (Å²) in [7, 11) is 0. The van der Waals surface area contributed by atoms with Crippen LogP contribution in [0.15, 0.2) is 43.0 Å². The summed E-state index contributed by atoms with van der Waals surface area (Å²) in [6.07, 6.45) is 3.75. The number of ether oxygens (including phenoxy) is 1. The smallest absolute Gasteiger partial charge is 0.406 e. The standard InChI is InChI=1S/C25H25F5O/c1-2-3-4-15-5-11-19-17(13-15)8-12-20-21(19)14-22(26)23(24(20)27)16-6-9-18(10-7-16)31-25(28,29)30/h2,6-7,9-10,14-15,17,19H,1,3-5,8,11-13H2/t15-,17-,19+/m1/s1. The SMILES string of the molecule is C=CCC[C@@H]1CC[C@@H]2c3cc(F)c(-c4ccc(OC(F)(F)F)cc4)c(F)c3CC[C@@H]2C1. The van der Waals surface area contributed by atoms with Crippen LogP contribution in [0.4, 0.5) is 22.0 Å². The van der Waals surface area contributed by atoms with Gasteiger partial charge in [0.15, 0.2) is 0 Å². The number of hydrogen-bond acceptors (Lipinski definition) is 1. The molecule has 0 aromatic heterocycles. The van der Waals surface area contributed by atoms with E-state index in [0.717, 1.165) is 56.2 Å². The Morgan fingerprint density at radius 2 is 1.81 bits per heavy atom. The number of hydrogen-bond donors (Lipinski definition) is 0. The van der Waals surface area contributed by atoms with Gasteiger partial charge in [-0.15, -0.1) is 19.8 Å². The van der Waals surface area contributed by atoms with Gasteiger partial charge < -0.3 is 4.74 Å².